The van der Waals surface area contributed by atoms with Crippen LogP contribution >= 0.6 is 11.6 Å². The molecule has 2 rings (SSSR count). The van der Waals surface area contributed by atoms with E-state index in [1.807, 2.05) is 32.8 Å². The van der Waals surface area contributed by atoms with Crippen LogP contribution < -0.4 is 9.64 Å². The molecule has 0 unspecified atom stereocenters. The second-order valence-electron chi connectivity index (χ2n) is 4.85. The molecule has 5 heteroatoms. The van der Waals surface area contributed by atoms with Gasteiger partial charge in [-0.3, -0.25) is 0 Å². The van der Waals surface area contributed by atoms with E-state index in [0.717, 1.165) is 22.2 Å². The first-order valence-electron chi connectivity index (χ1n) is 6.17. The first kappa shape index (κ1) is 14.4. The fraction of sp³-hybridized carbons (Fsp3) is 0.333. The van der Waals surface area contributed by atoms with E-state index in [1.165, 1.54) is 0 Å². The second kappa shape index (κ2) is 5.18. The number of aryl methyl sites for hydroxylation is 1. The van der Waals surface area contributed by atoms with Gasteiger partial charge in [-0.15, -0.1) is 0 Å². The van der Waals surface area contributed by atoms with Gasteiger partial charge in [-0.05, 0) is 19.4 Å². The van der Waals surface area contributed by atoms with Gasteiger partial charge in [0.05, 0.1) is 12.8 Å². The predicted octanol–water partition coefficient (Wildman–Crippen LogP) is 3.45. The molecule has 0 aliphatic rings. The molecule has 0 fully saturated rings. The highest BCUT2D eigenvalue weighted by atomic mass is 35.5. The molecule has 2 aromatic rings. The number of benzene rings is 1. The minimum atomic E-state index is 0.404. The van der Waals surface area contributed by atoms with Gasteiger partial charge >= 0.3 is 0 Å². The zero-order chi connectivity index (χ0) is 15.0. The average Bonchev–Trinajstić information content (AvgIpc) is 2.41. The molecule has 0 amide bonds. The number of hydrogen-bond acceptors (Lipinski definition) is 4. The molecule has 1 aromatic heterocycles. The van der Waals surface area contributed by atoms with Crippen molar-refractivity contribution >= 4 is 28.2 Å². The van der Waals surface area contributed by atoms with Gasteiger partial charge in [0, 0.05) is 36.1 Å². The van der Waals surface area contributed by atoms with E-state index >= 15 is 0 Å². The third-order valence-electron chi connectivity index (χ3n) is 3.41. The van der Waals surface area contributed by atoms with Gasteiger partial charge in [0.2, 0.25) is 0 Å². The number of methoxy groups -OCH3 is 1. The maximum Gasteiger partial charge on any atom is 0.146 e. The minimum Gasteiger partial charge on any atom is -0.494 e. The highest BCUT2D eigenvalue weighted by molar-refractivity contribution is 6.33. The molecule has 20 heavy (non-hydrogen) atoms. The molecule has 0 N–H and O–H groups in total. The molecule has 0 atom stereocenters. The summed E-state index contributed by atoms with van der Waals surface area (Å²) in [5, 5.41) is 10.8. The standard InChI is InChI=1S/C15H16ClN3O/c1-8-10(16)6-12(20-5)14-13(8)15(19(3)4)9(2)11(7-17)18-14/h6H,1-5H3. The average molecular weight is 290 g/mol. The molecule has 104 valence electrons. The number of nitriles is 1. The van der Waals surface area contributed by atoms with Crippen molar-refractivity contribution < 1.29 is 4.74 Å². The Labute approximate surface area is 123 Å². The zero-order valence-corrected chi connectivity index (χ0v) is 13.0. The number of aromatic nitrogens is 1. The van der Waals surface area contributed by atoms with Crippen LogP contribution in [0, 0.1) is 25.2 Å². The van der Waals surface area contributed by atoms with Gasteiger partial charge in [0.15, 0.2) is 0 Å². The van der Waals surface area contributed by atoms with Crippen molar-refractivity contribution in [2.75, 3.05) is 26.1 Å². The highest BCUT2D eigenvalue weighted by Crippen LogP contribution is 2.39. The van der Waals surface area contributed by atoms with Crippen molar-refractivity contribution in [3.63, 3.8) is 0 Å². The summed E-state index contributed by atoms with van der Waals surface area (Å²) in [5.41, 5.74) is 3.80. The van der Waals surface area contributed by atoms with Gasteiger partial charge in [-0.2, -0.15) is 5.26 Å². The van der Waals surface area contributed by atoms with Crippen molar-refractivity contribution in [1.29, 1.82) is 5.26 Å². The van der Waals surface area contributed by atoms with Crippen molar-refractivity contribution in [2.24, 2.45) is 0 Å². The summed E-state index contributed by atoms with van der Waals surface area (Å²) in [4.78, 5) is 6.41. The maximum atomic E-state index is 9.27. The molecule has 0 saturated heterocycles. The van der Waals surface area contributed by atoms with Crippen LogP contribution in [0.3, 0.4) is 0 Å². The Kier molecular flexibility index (Phi) is 3.74. The number of halogens is 1. The van der Waals surface area contributed by atoms with Gasteiger partial charge in [0.25, 0.3) is 0 Å². The molecule has 0 aliphatic carbocycles. The third kappa shape index (κ3) is 2.04. The quantitative estimate of drug-likeness (QED) is 0.849. The van der Waals surface area contributed by atoms with Crippen molar-refractivity contribution in [1.82, 2.24) is 4.98 Å². The topological polar surface area (TPSA) is 49.1 Å². The van der Waals surface area contributed by atoms with Gasteiger partial charge in [-0.25, -0.2) is 4.98 Å². The monoisotopic (exact) mass is 289 g/mol. The van der Waals surface area contributed by atoms with Crippen molar-refractivity contribution in [3.8, 4) is 11.8 Å². The molecule has 0 radical (unpaired) electrons. The Balaban J connectivity index is 3.10. The second-order valence-corrected chi connectivity index (χ2v) is 5.26. The summed E-state index contributed by atoms with van der Waals surface area (Å²) >= 11 is 6.28. The maximum absolute atomic E-state index is 9.27. The molecule has 1 heterocycles. The number of fused-ring (bicyclic) bond motifs is 1. The highest BCUT2D eigenvalue weighted by Gasteiger charge is 2.19. The number of rotatable bonds is 2. The first-order chi connectivity index (χ1) is 9.42. The predicted molar refractivity (Wildman–Crippen MR) is 81.8 cm³/mol. The normalized spacial score (nSPS) is 10.4. The summed E-state index contributed by atoms with van der Waals surface area (Å²) < 4.78 is 5.36. The number of anilines is 1. The summed E-state index contributed by atoms with van der Waals surface area (Å²) in [7, 11) is 5.45. The van der Waals surface area contributed by atoms with Crippen LogP contribution in [0.15, 0.2) is 6.07 Å². The van der Waals surface area contributed by atoms with E-state index in [9.17, 15) is 5.26 Å². The summed E-state index contributed by atoms with van der Waals surface area (Å²) in [6.07, 6.45) is 0. The Hall–Kier alpha value is -1.99. The van der Waals surface area contributed by atoms with Gasteiger partial charge in [0.1, 0.15) is 23.0 Å². The molecule has 0 aliphatic heterocycles. The molecule has 1 aromatic carbocycles. The fourth-order valence-corrected chi connectivity index (χ4v) is 2.63. The lowest BCUT2D eigenvalue weighted by molar-refractivity contribution is 0.419. The van der Waals surface area contributed by atoms with Crippen molar-refractivity contribution in [3.05, 3.63) is 27.9 Å². The molecule has 0 bridgehead atoms. The summed E-state index contributed by atoms with van der Waals surface area (Å²) in [6.45, 7) is 3.84. The number of pyridine rings is 1. The molecule has 4 nitrogen and oxygen atoms in total. The Morgan fingerprint density at radius 1 is 1.30 bits per heavy atom. The Bertz CT molecular complexity index is 732. The third-order valence-corrected chi connectivity index (χ3v) is 3.80. The smallest absolute Gasteiger partial charge is 0.146 e. The van der Waals surface area contributed by atoms with E-state index < -0.39 is 0 Å². The lowest BCUT2D eigenvalue weighted by Crippen LogP contribution is -2.13. The molecule has 0 saturated carbocycles. The minimum absolute atomic E-state index is 0.404. The van der Waals surface area contributed by atoms with Crippen LogP contribution in [0.2, 0.25) is 5.02 Å². The Morgan fingerprint density at radius 3 is 2.45 bits per heavy atom. The van der Waals surface area contributed by atoms with Gasteiger partial charge < -0.3 is 9.64 Å². The number of ether oxygens (including phenoxy) is 1. The van der Waals surface area contributed by atoms with Crippen LogP contribution in [-0.4, -0.2) is 26.2 Å². The lowest BCUT2D eigenvalue weighted by atomic mass is 10.0. The summed E-state index contributed by atoms with van der Waals surface area (Å²) in [6, 6.07) is 3.88. The van der Waals surface area contributed by atoms with Crippen molar-refractivity contribution in [2.45, 2.75) is 13.8 Å². The fourth-order valence-electron chi connectivity index (χ4n) is 2.43. The lowest BCUT2D eigenvalue weighted by Gasteiger charge is -2.21. The van der Waals surface area contributed by atoms with Gasteiger partial charge in [-0.1, -0.05) is 11.6 Å². The molecule has 0 spiro atoms. The molecular weight excluding hydrogens is 274 g/mol. The largest absolute Gasteiger partial charge is 0.494 e. The van der Waals surface area contributed by atoms with Crippen LogP contribution in [-0.2, 0) is 0 Å². The number of nitrogens with zero attached hydrogens (tertiary/aromatic N) is 3. The van der Waals surface area contributed by atoms with E-state index in [4.69, 9.17) is 16.3 Å². The van der Waals surface area contributed by atoms with Crippen LogP contribution in [0.25, 0.3) is 10.9 Å². The number of hydrogen-bond donors (Lipinski definition) is 0. The van der Waals surface area contributed by atoms with Crippen LogP contribution in [0.1, 0.15) is 16.8 Å². The Morgan fingerprint density at radius 2 is 1.95 bits per heavy atom. The van der Waals surface area contributed by atoms with E-state index in [-0.39, 0.29) is 0 Å². The first-order valence-corrected chi connectivity index (χ1v) is 6.55. The van der Waals surface area contributed by atoms with E-state index in [0.29, 0.717) is 22.0 Å². The van der Waals surface area contributed by atoms with E-state index in [2.05, 4.69) is 11.1 Å². The van der Waals surface area contributed by atoms with Crippen LogP contribution in [0.5, 0.6) is 5.75 Å². The zero-order valence-electron chi connectivity index (χ0n) is 12.2. The molecular formula is C15H16ClN3O. The van der Waals surface area contributed by atoms with Crippen LogP contribution in [0.4, 0.5) is 5.69 Å². The SMILES string of the molecule is COc1cc(Cl)c(C)c2c(N(C)C)c(C)c(C#N)nc12. The summed E-state index contributed by atoms with van der Waals surface area (Å²) in [5.74, 6) is 0.579. The van der Waals surface area contributed by atoms with E-state index in [1.54, 1.807) is 13.2 Å².